The van der Waals surface area contributed by atoms with E-state index in [0.29, 0.717) is 6.54 Å². The molecule has 0 saturated carbocycles. The van der Waals surface area contributed by atoms with Crippen LogP contribution in [0.2, 0.25) is 0 Å². The molecule has 2 aromatic rings. The van der Waals surface area contributed by atoms with Gasteiger partial charge in [-0.25, -0.2) is 4.98 Å². The van der Waals surface area contributed by atoms with Gasteiger partial charge >= 0.3 is 0 Å². The van der Waals surface area contributed by atoms with Crippen LogP contribution in [-0.4, -0.2) is 31.0 Å². The molecule has 3 rings (SSSR count). The molecule has 5 heteroatoms. The number of hydrogen-bond acceptors (Lipinski definition) is 4. The zero-order chi connectivity index (χ0) is 16.8. The number of aromatic nitrogens is 1. The topological polar surface area (TPSA) is 57.3 Å². The number of hydrogen-bond donors (Lipinski definition) is 2. The van der Waals surface area contributed by atoms with Gasteiger partial charge in [-0.3, -0.25) is 4.79 Å². The van der Waals surface area contributed by atoms with Gasteiger partial charge in [0.05, 0.1) is 5.92 Å². The smallest absolute Gasteiger partial charge is 0.224 e. The first-order chi connectivity index (χ1) is 11.7. The Morgan fingerprint density at radius 1 is 1.29 bits per heavy atom. The molecule has 1 amide bonds. The van der Waals surface area contributed by atoms with Crippen LogP contribution in [0.1, 0.15) is 17.5 Å². The van der Waals surface area contributed by atoms with E-state index in [4.69, 9.17) is 0 Å². The minimum absolute atomic E-state index is 0.0900. The van der Waals surface area contributed by atoms with Crippen LogP contribution >= 0.6 is 0 Å². The van der Waals surface area contributed by atoms with E-state index in [1.54, 1.807) is 6.20 Å². The number of carbonyl (C=O) groups excluding carboxylic acids is 1. The van der Waals surface area contributed by atoms with Gasteiger partial charge in [0.25, 0.3) is 0 Å². The average molecular weight is 324 g/mol. The minimum Gasteiger partial charge on any atom is -0.355 e. The van der Waals surface area contributed by atoms with Gasteiger partial charge in [0.2, 0.25) is 5.91 Å². The third kappa shape index (κ3) is 4.11. The highest BCUT2D eigenvalue weighted by molar-refractivity contribution is 5.79. The lowest BCUT2D eigenvalue weighted by molar-refractivity contribution is -0.124. The Balaban J connectivity index is 1.64. The molecule has 24 heavy (non-hydrogen) atoms. The van der Waals surface area contributed by atoms with E-state index < -0.39 is 0 Å². The van der Waals surface area contributed by atoms with Crippen LogP contribution in [0.5, 0.6) is 0 Å². The monoisotopic (exact) mass is 324 g/mol. The largest absolute Gasteiger partial charge is 0.355 e. The summed E-state index contributed by atoms with van der Waals surface area (Å²) in [7, 11) is 2.03. The lowest BCUT2D eigenvalue weighted by Gasteiger charge is -2.21. The van der Waals surface area contributed by atoms with Crippen molar-refractivity contribution in [3.8, 4) is 0 Å². The van der Waals surface area contributed by atoms with Gasteiger partial charge < -0.3 is 15.5 Å². The quantitative estimate of drug-likeness (QED) is 0.853. The van der Waals surface area contributed by atoms with Crippen molar-refractivity contribution < 1.29 is 4.79 Å². The summed E-state index contributed by atoms with van der Waals surface area (Å²) in [4.78, 5) is 18.8. The zero-order valence-corrected chi connectivity index (χ0v) is 14.0. The zero-order valence-electron chi connectivity index (χ0n) is 14.0. The number of rotatable bonds is 6. The second-order valence-electron chi connectivity index (χ2n) is 6.24. The van der Waals surface area contributed by atoms with Crippen LogP contribution in [-0.2, 0) is 17.9 Å². The summed E-state index contributed by atoms with van der Waals surface area (Å²) in [6.45, 7) is 3.00. The van der Waals surface area contributed by atoms with Crippen LogP contribution < -0.4 is 15.5 Å². The first kappa shape index (κ1) is 16.5. The number of anilines is 1. The van der Waals surface area contributed by atoms with E-state index in [9.17, 15) is 4.79 Å². The second-order valence-corrected chi connectivity index (χ2v) is 6.24. The van der Waals surface area contributed by atoms with E-state index in [1.165, 1.54) is 5.56 Å². The first-order valence-electron chi connectivity index (χ1n) is 8.41. The molecule has 0 bridgehead atoms. The number of nitrogens with zero attached hydrogens (tertiary/aromatic N) is 2. The third-order valence-corrected chi connectivity index (χ3v) is 4.38. The van der Waals surface area contributed by atoms with E-state index in [-0.39, 0.29) is 11.8 Å². The number of pyridine rings is 1. The van der Waals surface area contributed by atoms with Crippen LogP contribution in [0.25, 0.3) is 0 Å². The molecule has 0 aliphatic carbocycles. The molecule has 126 valence electrons. The van der Waals surface area contributed by atoms with Crippen molar-refractivity contribution in [1.29, 1.82) is 0 Å². The normalized spacial score (nSPS) is 16.8. The van der Waals surface area contributed by atoms with E-state index in [0.717, 1.165) is 37.4 Å². The second kappa shape index (κ2) is 7.93. The fourth-order valence-electron chi connectivity index (χ4n) is 3.05. The van der Waals surface area contributed by atoms with Gasteiger partial charge in [-0.1, -0.05) is 36.4 Å². The van der Waals surface area contributed by atoms with Crippen molar-refractivity contribution in [3.63, 3.8) is 0 Å². The Hall–Kier alpha value is -2.40. The molecule has 2 heterocycles. The van der Waals surface area contributed by atoms with E-state index in [1.807, 2.05) is 37.4 Å². The van der Waals surface area contributed by atoms with Crippen molar-refractivity contribution in [2.24, 2.45) is 5.92 Å². The van der Waals surface area contributed by atoms with Crippen molar-refractivity contribution in [1.82, 2.24) is 15.6 Å². The third-order valence-electron chi connectivity index (χ3n) is 4.38. The lowest BCUT2D eigenvalue weighted by Crippen LogP contribution is -2.32. The Morgan fingerprint density at radius 2 is 2.12 bits per heavy atom. The SMILES string of the molecule is CN(Cc1ccccc1)c1ncccc1CNC(=O)[C@H]1CCNC1. The Bertz CT molecular complexity index is 668. The molecule has 1 fully saturated rings. The number of amides is 1. The summed E-state index contributed by atoms with van der Waals surface area (Å²) in [6, 6.07) is 14.2. The van der Waals surface area contributed by atoms with Crippen molar-refractivity contribution in [2.45, 2.75) is 19.5 Å². The van der Waals surface area contributed by atoms with E-state index >= 15 is 0 Å². The molecule has 2 N–H and O–H groups in total. The maximum Gasteiger partial charge on any atom is 0.224 e. The summed E-state index contributed by atoms with van der Waals surface area (Å²) in [5.74, 6) is 1.12. The van der Waals surface area contributed by atoms with Crippen molar-refractivity contribution in [2.75, 3.05) is 25.0 Å². The molecule has 1 atom stereocenters. The average Bonchev–Trinajstić information content (AvgIpc) is 3.15. The maximum absolute atomic E-state index is 12.2. The highest BCUT2D eigenvalue weighted by atomic mass is 16.1. The highest BCUT2D eigenvalue weighted by Crippen LogP contribution is 2.18. The molecule has 0 spiro atoms. The number of nitrogens with one attached hydrogen (secondary N) is 2. The Labute approximate surface area is 143 Å². The molecule has 1 aromatic heterocycles. The predicted molar refractivity (Wildman–Crippen MR) is 95.6 cm³/mol. The Morgan fingerprint density at radius 3 is 2.88 bits per heavy atom. The lowest BCUT2D eigenvalue weighted by atomic mass is 10.1. The summed E-state index contributed by atoms with van der Waals surface area (Å²) in [6.07, 6.45) is 2.71. The van der Waals surface area contributed by atoms with Gasteiger partial charge in [0, 0.05) is 38.4 Å². The molecule has 0 unspecified atom stereocenters. The van der Waals surface area contributed by atoms with Crippen molar-refractivity contribution >= 4 is 11.7 Å². The molecule has 5 nitrogen and oxygen atoms in total. The first-order valence-corrected chi connectivity index (χ1v) is 8.41. The molecule has 0 radical (unpaired) electrons. The number of benzene rings is 1. The summed E-state index contributed by atoms with van der Waals surface area (Å²) < 4.78 is 0. The molecule has 1 aromatic carbocycles. The standard InChI is InChI=1S/C19H24N4O/c1-23(14-15-6-3-2-4-7-15)18-16(8-5-10-21-18)13-22-19(24)17-9-11-20-12-17/h2-8,10,17,20H,9,11-14H2,1H3,(H,22,24)/t17-/m0/s1. The summed E-state index contributed by atoms with van der Waals surface area (Å²) in [5.41, 5.74) is 2.27. The molecular weight excluding hydrogens is 300 g/mol. The molecule has 1 aliphatic heterocycles. The molecule has 1 saturated heterocycles. The summed E-state index contributed by atoms with van der Waals surface area (Å²) in [5, 5.41) is 6.28. The Kier molecular flexibility index (Phi) is 5.43. The predicted octanol–water partition coefficient (Wildman–Crippen LogP) is 1.94. The summed E-state index contributed by atoms with van der Waals surface area (Å²) >= 11 is 0. The molecule has 1 aliphatic rings. The van der Waals surface area contributed by atoms with Gasteiger partial charge in [-0.15, -0.1) is 0 Å². The van der Waals surface area contributed by atoms with Gasteiger partial charge in [0.1, 0.15) is 5.82 Å². The fraction of sp³-hybridized carbons (Fsp3) is 0.368. The highest BCUT2D eigenvalue weighted by Gasteiger charge is 2.22. The van der Waals surface area contributed by atoms with Gasteiger partial charge in [0.15, 0.2) is 0 Å². The van der Waals surface area contributed by atoms with Crippen LogP contribution in [0.4, 0.5) is 5.82 Å². The van der Waals surface area contributed by atoms with Gasteiger partial charge in [-0.05, 0) is 24.6 Å². The van der Waals surface area contributed by atoms with Gasteiger partial charge in [-0.2, -0.15) is 0 Å². The minimum atomic E-state index is 0.0900. The van der Waals surface area contributed by atoms with E-state index in [2.05, 4.69) is 32.7 Å². The van der Waals surface area contributed by atoms with Crippen LogP contribution in [0, 0.1) is 5.92 Å². The fourth-order valence-corrected chi connectivity index (χ4v) is 3.05. The molecular formula is C19H24N4O. The van der Waals surface area contributed by atoms with Crippen LogP contribution in [0.15, 0.2) is 48.7 Å². The van der Waals surface area contributed by atoms with Crippen LogP contribution in [0.3, 0.4) is 0 Å². The number of carbonyl (C=O) groups is 1. The maximum atomic E-state index is 12.2. The van der Waals surface area contributed by atoms with Crippen molar-refractivity contribution in [3.05, 3.63) is 59.8 Å².